The number of H-pyrrole nitrogens is 1. The molecular weight excluding hydrogens is 340 g/mol. The zero-order valence-electron chi connectivity index (χ0n) is 14.8. The first-order valence-electron chi connectivity index (χ1n) is 7.90. The van der Waals surface area contributed by atoms with Crippen molar-refractivity contribution in [1.82, 2.24) is 19.1 Å². The highest BCUT2D eigenvalue weighted by molar-refractivity contribution is 5.89. The quantitative estimate of drug-likeness (QED) is 0.723. The maximum Gasteiger partial charge on any atom is 0.347 e. The van der Waals surface area contributed by atoms with Gasteiger partial charge in [-0.2, -0.15) is 4.98 Å². The number of hydrogen-bond donors (Lipinski definition) is 1. The van der Waals surface area contributed by atoms with Gasteiger partial charge in [-0.15, -0.1) is 0 Å². The molecule has 0 aliphatic carbocycles. The molecule has 0 aliphatic rings. The summed E-state index contributed by atoms with van der Waals surface area (Å²) in [5.74, 6) is 0.997. The topological polar surface area (TPSA) is 108 Å². The van der Waals surface area contributed by atoms with Gasteiger partial charge in [0.1, 0.15) is 5.39 Å². The largest absolute Gasteiger partial charge is 0.493 e. The molecular formula is C17H18N4O5. The number of aromatic nitrogens is 4. The molecule has 1 aromatic carbocycles. The predicted molar refractivity (Wildman–Crippen MR) is 96.0 cm³/mol. The van der Waals surface area contributed by atoms with Crippen LogP contribution in [0.25, 0.3) is 22.3 Å². The number of ether oxygens (including phenoxy) is 2. The van der Waals surface area contributed by atoms with E-state index in [9.17, 15) is 14.4 Å². The summed E-state index contributed by atoms with van der Waals surface area (Å²) in [6, 6.07) is 5.03. The van der Waals surface area contributed by atoms with Crippen molar-refractivity contribution in [3.8, 4) is 22.8 Å². The fraction of sp³-hybridized carbons (Fsp3) is 0.294. The number of fused-ring (bicyclic) bond motifs is 1. The van der Waals surface area contributed by atoms with Crippen molar-refractivity contribution in [2.45, 2.75) is 6.92 Å². The fourth-order valence-corrected chi connectivity index (χ4v) is 2.79. The van der Waals surface area contributed by atoms with E-state index >= 15 is 0 Å². The minimum atomic E-state index is -0.662. The van der Waals surface area contributed by atoms with E-state index in [1.807, 2.05) is 6.92 Å². The van der Waals surface area contributed by atoms with Crippen LogP contribution in [0.15, 0.2) is 32.6 Å². The number of aromatic amines is 1. The molecule has 0 amide bonds. The summed E-state index contributed by atoms with van der Waals surface area (Å²) >= 11 is 0. The molecule has 9 heteroatoms. The van der Waals surface area contributed by atoms with Gasteiger partial charge >= 0.3 is 11.4 Å². The van der Waals surface area contributed by atoms with Crippen molar-refractivity contribution in [2.24, 2.45) is 14.1 Å². The molecule has 0 aliphatic heterocycles. The molecule has 0 fully saturated rings. The van der Waals surface area contributed by atoms with E-state index in [2.05, 4.69) is 9.97 Å². The van der Waals surface area contributed by atoms with Crippen molar-refractivity contribution in [1.29, 1.82) is 0 Å². The van der Waals surface area contributed by atoms with Crippen LogP contribution in [0, 0.1) is 0 Å². The summed E-state index contributed by atoms with van der Waals surface area (Å²) in [5, 5.41) is 0.141. The summed E-state index contributed by atoms with van der Waals surface area (Å²) in [4.78, 5) is 43.2. The second-order valence-corrected chi connectivity index (χ2v) is 5.62. The summed E-state index contributed by atoms with van der Waals surface area (Å²) < 4.78 is 13.0. The van der Waals surface area contributed by atoms with Crippen molar-refractivity contribution in [3.63, 3.8) is 0 Å². The Morgan fingerprint density at radius 1 is 1.12 bits per heavy atom. The highest BCUT2D eigenvalue weighted by Crippen LogP contribution is 2.32. The lowest BCUT2D eigenvalue weighted by Crippen LogP contribution is -2.38. The number of nitrogens with one attached hydrogen (secondary N) is 1. The average Bonchev–Trinajstić information content (AvgIpc) is 2.64. The van der Waals surface area contributed by atoms with Crippen molar-refractivity contribution in [2.75, 3.05) is 13.7 Å². The van der Waals surface area contributed by atoms with Crippen LogP contribution in [0.5, 0.6) is 11.5 Å². The number of rotatable bonds is 4. The van der Waals surface area contributed by atoms with Crippen LogP contribution in [0.3, 0.4) is 0 Å². The first kappa shape index (κ1) is 17.5. The molecule has 0 saturated carbocycles. The van der Waals surface area contributed by atoms with Gasteiger partial charge in [0.2, 0.25) is 0 Å². The lowest BCUT2D eigenvalue weighted by Gasteiger charge is -2.13. The number of hydrogen-bond acceptors (Lipinski definition) is 6. The Kier molecular flexibility index (Phi) is 4.37. The van der Waals surface area contributed by atoms with Gasteiger partial charge in [-0.25, -0.2) is 9.59 Å². The molecule has 136 valence electrons. The standard InChI is InChI=1S/C17H18N4O5/c1-5-26-11-8-9(6-7-10(11)25-4)13-12-14(19-16(23)18-13)20(2)17(24)21(3)15(12)22/h6-8H,5H2,1-4H3,(H,18,19,23). The molecule has 3 aromatic rings. The normalized spacial score (nSPS) is 10.9. The molecule has 0 unspecified atom stereocenters. The summed E-state index contributed by atoms with van der Waals surface area (Å²) in [6.45, 7) is 2.26. The molecule has 1 N–H and O–H groups in total. The van der Waals surface area contributed by atoms with Gasteiger partial charge in [0.05, 0.1) is 19.4 Å². The molecule has 0 radical (unpaired) electrons. The second kappa shape index (κ2) is 6.51. The van der Waals surface area contributed by atoms with Gasteiger partial charge in [-0.3, -0.25) is 13.9 Å². The van der Waals surface area contributed by atoms with E-state index in [4.69, 9.17) is 9.47 Å². The van der Waals surface area contributed by atoms with Crippen LogP contribution >= 0.6 is 0 Å². The summed E-state index contributed by atoms with van der Waals surface area (Å²) in [5.41, 5.74) is -0.948. The molecule has 26 heavy (non-hydrogen) atoms. The van der Waals surface area contributed by atoms with Crippen LogP contribution in [-0.2, 0) is 14.1 Å². The fourth-order valence-electron chi connectivity index (χ4n) is 2.79. The maximum atomic E-state index is 12.7. The summed E-state index contributed by atoms with van der Waals surface area (Å²) in [7, 11) is 4.35. The van der Waals surface area contributed by atoms with Crippen LogP contribution in [-0.4, -0.2) is 32.8 Å². The number of aryl methyl sites for hydroxylation is 1. The monoisotopic (exact) mass is 358 g/mol. The Labute approximate surface area is 147 Å². The number of nitrogens with zero attached hydrogens (tertiary/aromatic N) is 3. The SMILES string of the molecule is CCOc1cc(-c2[nH]c(=O)nc3c2c(=O)n(C)c(=O)n3C)ccc1OC. The highest BCUT2D eigenvalue weighted by atomic mass is 16.5. The Morgan fingerprint density at radius 2 is 1.85 bits per heavy atom. The smallest absolute Gasteiger partial charge is 0.347 e. The molecule has 3 rings (SSSR count). The summed E-state index contributed by atoms with van der Waals surface area (Å²) in [6.07, 6.45) is 0. The zero-order chi connectivity index (χ0) is 19.0. The zero-order valence-corrected chi connectivity index (χ0v) is 14.8. The van der Waals surface area contributed by atoms with Gasteiger partial charge in [0.15, 0.2) is 17.1 Å². The van der Waals surface area contributed by atoms with E-state index in [1.165, 1.54) is 25.8 Å². The van der Waals surface area contributed by atoms with Crippen LogP contribution in [0.4, 0.5) is 0 Å². The molecule has 9 nitrogen and oxygen atoms in total. The van der Waals surface area contributed by atoms with Crippen molar-refractivity contribution < 1.29 is 9.47 Å². The molecule has 0 bridgehead atoms. The van der Waals surface area contributed by atoms with Crippen molar-refractivity contribution in [3.05, 3.63) is 49.5 Å². The van der Waals surface area contributed by atoms with E-state index in [0.717, 1.165) is 4.57 Å². The van der Waals surface area contributed by atoms with Crippen LogP contribution in [0.1, 0.15) is 6.92 Å². The lowest BCUT2D eigenvalue weighted by atomic mass is 10.1. The molecule has 0 spiro atoms. The first-order chi connectivity index (χ1) is 12.4. The van der Waals surface area contributed by atoms with E-state index in [-0.39, 0.29) is 16.7 Å². The minimum absolute atomic E-state index is 0.0191. The van der Waals surface area contributed by atoms with E-state index < -0.39 is 16.9 Å². The van der Waals surface area contributed by atoms with Crippen LogP contribution in [0.2, 0.25) is 0 Å². The number of methoxy groups -OCH3 is 1. The molecule has 0 atom stereocenters. The highest BCUT2D eigenvalue weighted by Gasteiger charge is 2.18. The molecule has 2 aromatic heterocycles. The third kappa shape index (κ3) is 2.67. The second-order valence-electron chi connectivity index (χ2n) is 5.62. The molecule has 0 saturated heterocycles. The van der Waals surface area contributed by atoms with Crippen molar-refractivity contribution >= 4 is 11.0 Å². The van der Waals surface area contributed by atoms with Gasteiger partial charge < -0.3 is 14.5 Å². The van der Waals surface area contributed by atoms with E-state index in [0.29, 0.717) is 23.7 Å². The van der Waals surface area contributed by atoms with Gasteiger partial charge in [-0.05, 0) is 25.1 Å². The lowest BCUT2D eigenvalue weighted by molar-refractivity contribution is 0.311. The maximum absolute atomic E-state index is 12.7. The van der Waals surface area contributed by atoms with Gasteiger partial charge in [0, 0.05) is 19.7 Å². The Balaban J connectivity index is 2.43. The Morgan fingerprint density at radius 3 is 2.50 bits per heavy atom. The minimum Gasteiger partial charge on any atom is -0.493 e. The first-order valence-corrected chi connectivity index (χ1v) is 7.90. The predicted octanol–water partition coefficient (Wildman–Crippen LogP) is 0.395. The third-order valence-corrected chi connectivity index (χ3v) is 4.08. The third-order valence-electron chi connectivity index (χ3n) is 4.08. The molecule has 2 heterocycles. The van der Waals surface area contributed by atoms with Gasteiger partial charge in [0.25, 0.3) is 5.56 Å². The van der Waals surface area contributed by atoms with Gasteiger partial charge in [-0.1, -0.05) is 0 Å². The van der Waals surface area contributed by atoms with Crippen LogP contribution < -0.4 is 26.4 Å². The number of benzene rings is 1. The average molecular weight is 358 g/mol. The van der Waals surface area contributed by atoms with E-state index in [1.54, 1.807) is 18.2 Å². The Hall–Kier alpha value is -3.36. The Bertz CT molecular complexity index is 1170.